The summed E-state index contributed by atoms with van der Waals surface area (Å²) in [4.78, 5) is 5.51. The minimum atomic E-state index is 0.839. The molecule has 90 valence electrons. The minimum absolute atomic E-state index is 0.839. The van der Waals surface area contributed by atoms with E-state index < -0.39 is 0 Å². The zero-order valence-electron chi connectivity index (χ0n) is 10.2. The standard InChI is InChI=1S/C13H15BrN2S/c1-8-4-11(5-9(2)13(8)14)16-7-12-6-15-10(3)17-12/h4-6,16H,7H2,1-3H3. The lowest BCUT2D eigenvalue weighted by Gasteiger charge is -2.09. The number of hydrogen-bond donors (Lipinski definition) is 1. The molecular formula is C13H15BrN2S. The molecule has 0 atom stereocenters. The second-order valence-electron chi connectivity index (χ2n) is 4.12. The van der Waals surface area contributed by atoms with Crippen LogP contribution in [0.3, 0.4) is 0 Å². The van der Waals surface area contributed by atoms with Gasteiger partial charge in [-0.15, -0.1) is 11.3 Å². The summed E-state index contributed by atoms with van der Waals surface area (Å²) in [6.07, 6.45) is 1.94. The van der Waals surface area contributed by atoms with E-state index in [4.69, 9.17) is 0 Å². The summed E-state index contributed by atoms with van der Waals surface area (Å²) in [6, 6.07) is 4.32. The molecule has 2 nitrogen and oxygen atoms in total. The molecule has 0 radical (unpaired) electrons. The Morgan fingerprint density at radius 3 is 2.41 bits per heavy atom. The van der Waals surface area contributed by atoms with Crippen molar-refractivity contribution in [1.29, 1.82) is 0 Å². The van der Waals surface area contributed by atoms with Crippen molar-refractivity contribution in [1.82, 2.24) is 4.98 Å². The average Bonchev–Trinajstić information content (AvgIpc) is 2.69. The van der Waals surface area contributed by atoms with E-state index in [1.165, 1.54) is 20.5 Å². The van der Waals surface area contributed by atoms with E-state index >= 15 is 0 Å². The SMILES string of the molecule is Cc1ncc(CNc2cc(C)c(Br)c(C)c2)s1. The third kappa shape index (κ3) is 3.07. The molecule has 0 bridgehead atoms. The highest BCUT2D eigenvalue weighted by Crippen LogP contribution is 2.25. The number of rotatable bonds is 3. The quantitative estimate of drug-likeness (QED) is 0.906. The highest BCUT2D eigenvalue weighted by molar-refractivity contribution is 9.10. The fourth-order valence-electron chi connectivity index (χ4n) is 1.72. The summed E-state index contributed by atoms with van der Waals surface area (Å²) in [5.41, 5.74) is 3.68. The van der Waals surface area contributed by atoms with Crippen LogP contribution in [0, 0.1) is 20.8 Å². The third-order valence-corrected chi connectivity index (χ3v) is 4.74. The highest BCUT2D eigenvalue weighted by Gasteiger charge is 2.03. The van der Waals surface area contributed by atoms with E-state index in [9.17, 15) is 0 Å². The highest BCUT2D eigenvalue weighted by atomic mass is 79.9. The van der Waals surface area contributed by atoms with E-state index in [0.717, 1.165) is 17.2 Å². The molecule has 0 fully saturated rings. The molecular weight excluding hydrogens is 296 g/mol. The van der Waals surface area contributed by atoms with E-state index in [1.807, 2.05) is 13.1 Å². The van der Waals surface area contributed by atoms with E-state index in [-0.39, 0.29) is 0 Å². The molecule has 0 amide bonds. The van der Waals surface area contributed by atoms with E-state index in [1.54, 1.807) is 11.3 Å². The Morgan fingerprint density at radius 2 is 1.88 bits per heavy atom. The number of thiazole rings is 1. The predicted molar refractivity (Wildman–Crippen MR) is 77.8 cm³/mol. The van der Waals surface area contributed by atoms with Crippen LogP contribution in [0.4, 0.5) is 5.69 Å². The van der Waals surface area contributed by atoms with Crippen molar-refractivity contribution in [2.75, 3.05) is 5.32 Å². The molecule has 1 N–H and O–H groups in total. The first-order valence-electron chi connectivity index (χ1n) is 5.48. The molecule has 2 rings (SSSR count). The normalized spacial score (nSPS) is 10.6. The van der Waals surface area contributed by atoms with Gasteiger partial charge in [0.25, 0.3) is 0 Å². The van der Waals surface area contributed by atoms with Gasteiger partial charge in [0, 0.05) is 21.2 Å². The summed E-state index contributed by atoms with van der Waals surface area (Å²) < 4.78 is 1.19. The fraction of sp³-hybridized carbons (Fsp3) is 0.308. The van der Waals surface area contributed by atoms with Crippen LogP contribution in [0.15, 0.2) is 22.8 Å². The number of aromatic nitrogens is 1. The van der Waals surface area contributed by atoms with Gasteiger partial charge in [0.1, 0.15) is 0 Å². The Balaban J connectivity index is 2.09. The molecule has 0 aliphatic rings. The molecule has 2 aromatic rings. The fourth-order valence-corrected chi connectivity index (χ4v) is 2.69. The number of aryl methyl sites for hydroxylation is 3. The first-order chi connectivity index (χ1) is 8.06. The molecule has 0 saturated heterocycles. The topological polar surface area (TPSA) is 24.9 Å². The van der Waals surface area contributed by atoms with Gasteiger partial charge in [-0.3, -0.25) is 0 Å². The van der Waals surface area contributed by atoms with Crippen LogP contribution in [0.25, 0.3) is 0 Å². The van der Waals surface area contributed by atoms with Crippen LogP contribution in [-0.2, 0) is 6.54 Å². The lowest BCUT2D eigenvalue weighted by atomic mass is 10.1. The van der Waals surface area contributed by atoms with Gasteiger partial charge in [-0.2, -0.15) is 0 Å². The Bertz CT molecular complexity index is 511. The Hall–Kier alpha value is -0.870. The van der Waals surface area contributed by atoms with Gasteiger partial charge in [-0.25, -0.2) is 4.98 Å². The number of nitrogens with zero attached hydrogens (tertiary/aromatic N) is 1. The first kappa shape index (κ1) is 12.6. The van der Waals surface area contributed by atoms with Crippen LogP contribution in [0.1, 0.15) is 21.0 Å². The molecule has 4 heteroatoms. The first-order valence-corrected chi connectivity index (χ1v) is 7.09. The molecule has 0 aliphatic carbocycles. The van der Waals surface area contributed by atoms with Gasteiger partial charge >= 0.3 is 0 Å². The molecule has 1 aromatic carbocycles. The number of nitrogens with one attached hydrogen (secondary N) is 1. The maximum absolute atomic E-state index is 4.25. The van der Waals surface area contributed by atoms with Crippen molar-refractivity contribution in [3.63, 3.8) is 0 Å². The van der Waals surface area contributed by atoms with Crippen LogP contribution >= 0.6 is 27.3 Å². The van der Waals surface area contributed by atoms with Gasteiger partial charge in [-0.1, -0.05) is 15.9 Å². The van der Waals surface area contributed by atoms with Crippen molar-refractivity contribution < 1.29 is 0 Å². The summed E-state index contributed by atoms with van der Waals surface area (Å²) in [6.45, 7) is 7.09. The van der Waals surface area contributed by atoms with Crippen molar-refractivity contribution >= 4 is 33.0 Å². The van der Waals surface area contributed by atoms with Gasteiger partial charge in [0.15, 0.2) is 0 Å². The third-order valence-electron chi connectivity index (χ3n) is 2.57. The molecule has 1 aromatic heterocycles. The number of hydrogen-bond acceptors (Lipinski definition) is 3. The maximum atomic E-state index is 4.25. The lowest BCUT2D eigenvalue weighted by Crippen LogP contribution is -1.98. The van der Waals surface area contributed by atoms with Gasteiger partial charge < -0.3 is 5.32 Å². The number of halogens is 1. The summed E-state index contributed by atoms with van der Waals surface area (Å²) >= 11 is 5.31. The second kappa shape index (κ2) is 5.19. The monoisotopic (exact) mass is 310 g/mol. The summed E-state index contributed by atoms with van der Waals surface area (Å²) in [5, 5.41) is 4.55. The molecule has 0 saturated carbocycles. The number of anilines is 1. The van der Waals surface area contributed by atoms with Crippen LogP contribution in [0.2, 0.25) is 0 Å². The molecule has 0 unspecified atom stereocenters. The molecule has 0 spiro atoms. The van der Waals surface area contributed by atoms with Crippen LogP contribution in [-0.4, -0.2) is 4.98 Å². The van der Waals surface area contributed by atoms with Crippen LogP contribution in [0.5, 0.6) is 0 Å². The van der Waals surface area contributed by atoms with E-state index in [2.05, 4.69) is 52.2 Å². The zero-order chi connectivity index (χ0) is 12.4. The molecule has 1 heterocycles. The van der Waals surface area contributed by atoms with Crippen LogP contribution < -0.4 is 5.32 Å². The zero-order valence-corrected chi connectivity index (χ0v) is 12.6. The molecule has 17 heavy (non-hydrogen) atoms. The largest absolute Gasteiger partial charge is 0.380 e. The lowest BCUT2D eigenvalue weighted by molar-refractivity contribution is 1.16. The Kier molecular flexibility index (Phi) is 3.84. The maximum Gasteiger partial charge on any atom is 0.0897 e. The van der Waals surface area contributed by atoms with Crippen molar-refractivity contribution in [3.8, 4) is 0 Å². The van der Waals surface area contributed by atoms with Crippen molar-refractivity contribution in [3.05, 3.63) is 43.8 Å². The van der Waals surface area contributed by atoms with Gasteiger partial charge in [-0.05, 0) is 44.0 Å². The Labute approximate surface area is 114 Å². The second-order valence-corrected chi connectivity index (χ2v) is 6.24. The number of benzene rings is 1. The summed E-state index contributed by atoms with van der Waals surface area (Å²) in [5.74, 6) is 0. The smallest absolute Gasteiger partial charge is 0.0897 e. The molecule has 0 aliphatic heterocycles. The predicted octanol–water partition coefficient (Wildman–Crippen LogP) is 4.44. The average molecular weight is 311 g/mol. The minimum Gasteiger partial charge on any atom is -0.380 e. The van der Waals surface area contributed by atoms with Gasteiger partial charge in [0.2, 0.25) is 0 Å². The Morgan fingerprint density at radius 1 is 1.24 bits per heavy atom. The van der Waals surface area contributed by atoms with E-state index in [0.29, 0.717) is 0 Å². The summed E-state index contributed by atoms with van der Waals surface area (Å²) in [7, 11) is 0. The van der Waals surface area contributed by atoms with Crippen molar-refractivity contribution in [2.45, 2.75) is 27.3 Å². The van der Waals surface area contributed by atoms with Gasteiger partial charge in [0.05, 0.1) is 11.6 Å². The van der Waals surface area contributed by atoms with Crippen molar-refractivity contribution in [2.24, 2.45) is 0 Å².